The van der Waals surface area contributed by atoms with E-state index in [2.05, 4.69) is 20.1 Å². The van der Waals surface area contributed by atoms with Crippen LogP contribution in [0.1, 0.15) is 26.7 Å². The van der Waals surface area contributed by atoms with E-state index in [4.69, 9.17) is 11.2 Å². The lowest BCUT2D eigenvalue weighted by Gasteiger charge is -2.16. The molecular weight excluding hydrogens is 219 g/mol. The molecule has 0 N–H and O–H groups in total. The van der Waals surface area contributed by atoms with E-state index in [0.29, 0.717) is 0 Å². The predicted molar refractivity (Wildman–Crippen MR) is 68.3 cm³/mol. The molecule has 0 bridgehead atoms. The van der Waals surface area contributed by atoms with Crippen LogP contribution in [0.25, 0.3) is 0 Å². The second-order valence-corrected chi connectivity index (χ2v) is 10.2. The Morgan fingerprint density at radius 3 is 1.92 bits per heavy atom. The van der Waals surface area contributed by atoms with Crippen molar-refractivity contribution in [3.8, 4) is 0 Å². The SMILES string of the molecule is CCCP(=O)(CCC)CCS(C)=S. The van der Waals surface area contributed by atoms with Gasteiger partial charge in [0.15, 0.2) is 0 Å². The van der Waals surface area contributed by atoms with Crippen molar-refractivity contribution in [1.29, 1.82) is 0 Å². The van der Waals surface area contributed by atoms with E-state index < -0.39 is 7.14 Å². The summed E-state index contributed by atoms with van der Waals surface area (Å²) >= 11 is 5.12. The Hall–Kier alpha value is 0.800. The highest BCUT2D eigenvalue weighted by molar-refractivity contribution is 8.28. The van der Waals surface area contributed by atoms with E-state index in [1.165, 1.54) is 0 Å². The minimum atomic E-state index is -1.83. The van der Waals surface area contributed by atoms with Crippen molar-refractivity contribution in [3.05, 3.63) is 0 Å². The van der Waals surface area contributed by atoms with Crippen LogP contribution in [0.15, 0.2) is 0 Å². The lowest BCUT2D eigenvalue weighted by atomic mass is 10.6. The van der Waals surface area contributed by atoms with Gasteiger partial charge in [0.1, 0.15) is 0 Å². The lowest BCUT2D eigenvalue weighted by molar-refractivity contribution is 0.573. The number of hydrogen-bond donors (Lipinski definition) is 0. The molecule has 0 aromatic heterocycles. The first-order valence-corrected chi connectivity index (χ1v) is 9.90. The molecule has 0 aliphatic carbocycles. The molecule has 0 heterocycles. The average Bonchev–Trinajstić information content (AvgIpc) is 2.02. The summed E-state index contributed by atoms with van der Waals surface area (Å²) in [5, 5.41) is 0. The van der Waals surface area contributed by atoms with Gasteiger partial charge < -0.3 is 4.57 Å². The van der Waals surface area contributed by atoms with Crippen LogP contribution in [0.2, 0.25) is 0 Å². The summed E-state index contributed by atoms with van der Waals surface area (Å²) in [5.74, 6) is 0.979. The van der Waals surface area contributed by atoms with Gasteiger partial charge in [0, 0.05) is 24.2 Å². The number of rotatable bonds is 7. The van der Waals surface area contributed by atoms with Crippen LogP contribution in [-0.2, 0) is 25.2 Å². The molecule has 0 saturated heterocycles. The first kappa shape index (κ1) is 13.8. The lowest BCUT2D eigenvalue weighted by Crippen LogP contribution is -2.05. The Balaban J connectivity index is 4.07. The standard InChI is InChI=1S/C9H21OPS2/c1-4-6-11(10,7-5-2)8-9-13(3)12/h4-9H2,1-3H3. The Morgan fingerprint density at radius 1 is 1.15 bits per heavy atom. The molecule has 0 aliphatic rings. The molecule has 0 aromatic carbocycles. The summed E-state index contributed by atoms with van der Waals surface area (Å²) in [7, 11) is -1.79. The van der Waals surface area contributed by atoms with Crippen molar-refractivity contribution < 1.29 is 4.57 Å². The Bertz CT molecular complexity index is 194. The molecule has 0 aliphatic heterocycles. The molecule has 4 heteroatoms. The quantitative estimate of drug-likeness (QED) is 0.637. The van der Waals surface area contributed by atoms with Gasteiger partial charge in [-0.15, -0.1) is 9.45 Å². The molecule has 1 atom stereocenters. The zero-order valence-corrected chi connectivity index (χ0v) is 11.4. The molecule has 1 unspecified atom stereocenters. The summed E-state index contributed by atoms with van der Waals surface area (Å²) in [6.45, 7) is 4.23. The first-order chi connectivity index (χ1) is 6.04. The minimum Gasteiger partial charge on any atom is -0.324 e. The fraction of sp³-hybridized carbons (Fsp3) is 1.00. The Kier molecular flexibility index (Phi) is 7.58. The molecule has 1 nitrogen and oxygen atoms in total. The van der Waals surface area contributed by atoms with Gasteiger partial charge in [-0.3, -0.25) is 0 Å². The van der Waals surface area contributed by atoms with Gasteiger partial charge in [-0.1, -0.05) is 25.0 Å². The maximum atomic E-state index is 12.3. The predicted octanol–water partition coefficient (Wildman–Crippen LogP) is 2.88. The molecule has 0 aromatic rings. The highest BCUT2D eigenvalue weighted by atomic mass is 32.8. The van der Waals surface area contributed by atoms with Gasteiger partial charge in [-0.25, -0.2) is 0 Å². The third-order valence-corrected chi connectivity index (χ3v) is 7.19. The zero-order chi connectivity index (χ0) is 10.3. The fourth-order valence-corrected chi connectivity index (χ4v) is 6.78. The van der Waals surface area contributed by atoms with Gasteiger partial charge in [-0.2, -0.15) is 0 Å². The topological polar surface area (TPSA) is 17.1 Å². The van der Waals surface area contributed by atoms with Crippen molar-refractivity contribution >= 4 is 27.8 Å². The monoisotopic (exact) mass is 240 g/mol. The summed E-state index contributed by atoms with van der Waals surface area (Å²) in [6.07, 6.45) is 6.88. The van der Waals surface area contributed by atoms with Crippen LogP contribution < -0.4 is 0 Å². The smallest absolute Gasteiger partial charge is 0.0885 e. The summed E-state index contributed by atoms with van der Waals surface area (Å²) in [4.78, 5) is 0. The van der Waals surface area contributed by atoms with Gasteiger partial charge in [0.2, 0.25) is 0 Å². The van der Waals surface area contributed by atoms with E-state index in [1.807, 2.05) is 0 Å². The molecule has 0 amide bonds. The van der Waals surface area contributed by atoms with Gasteiger partial charge >= 0.3 is 0 Å². The van der Waals surface area contributed by atoms with E-state index in [0.717, 1.165) is 37.1 Å². The molecule has 0 saturated carbocycles. The van der Waals surface area contributed by atoms with E-state index >= 15 is 0 Å². The van der Waals surface area contributed by atoms with Crippen molar-refractivity contribution in [2.75, 3.05) is 30.5 Å². The molecule has 0 rings (SSSR count). The highest BCUT2D eigenvalue weighted by Crippen LogP contribution is 2.46. The Labute approximate surface area is 89.6 Å². The van der Waals surface area contributed by atoms with Crippen molar-refractivity contribution in [2.45, 2.75) is 26.7 Å². The summed E-state index contributed by atoms with van der Waals surface area (Å²) in [5.41, 5.74) is 0. The van der Waals surface area contributed by atoms with Gasteiger partial charge in [0.25, 0.3) is 0 Å². The normalized spacial score (nSPS) is 14.4. The second kappa shape index (κ2) is 7.14. The third kappa shape index (κ3) is 6.82. The van der Waals surface area contributed by atoms with E-state index in [9.17, 15) is 4.57 Å². The molecule has 0 radical (unpaired) electrons. The molecule has 0 fully saturated rings. The summed E-state index contributed by atoms with van der Waals surface area (Å²) in [6, 6.07) is 0. The van der Waals surface area contributed by atoms with Crippen LogP contribution in [0, 0.1) is 0 Å². The Morgan fingerprint density at radius 2 is 1.62 bits per heavy atom. The third-order valence-electron chi connectivity index (χ3n) is 2.05. The highest BCUT2D eigenvalue weighted by Gasteiger charge is 2.19. The van der Waals surface area contributed by atoms with Crippen LogP contribution in [-0.4, -0.2) is 30.5 Å². The fourth-order valence-electron chi connectivity index (χ4n) is 1.45. The van der Waals surface area contributed by atoms with Crippen LogP contribution in [0.3, 0.4) is 0 Å². The van der Waals surface area contributed by atoms with Gasteiger partial charge in [-0.05, 0) is 19.1 Å². The largest absolute Gasteiger partial charge is 0.324 e. The van der Waals surface area contributed by atoms with Gasteiger partial charge in [0.05, 0.1) is 7.14 Å². The van der Waals surface area contributed by atoms with E-state index in [-0.39, 0.29) is 9.45 Å². The zero-order valence-electron chi connectivity index (χ0n) is 8.91. The molecule has 13 heavy (non-hydrogen) atoms. The maximum Gasteiger partial charge on any atom is 0.0885 e. The van der Waals surface area contributed by atoms with Crippen molar-refractivity contribution in [1.82, 2.24) is 0 Å². The first-order valence-electron chi connectivity index (χ1n) is 4.91. The van der Waals surface area contributed by atoms with Crippen LogP contribution in [0.4, 0.5) is 0 Å². The second-order valence-electron chi connectivity index (χ2n) is 3.51. The van der Waals surface area contributed by atoms with Crippen molar-refractivity contribution in [2.24, 2.45) is 0 Å². The van der Waals surface area contributed by atoms with E-state index in [1.54, 1.807) is 0 Å². The maximum absolute atomic E-state index is 12.3. The summed E-state index contributed by atoms with van der Waals surface area (Å²) < 4.78 is 12.3. The van der Waals surface area contributed by atoms with Crippen LogP contribution in [0.5, 0.6) is 0 Å². The average molecular weight is 240 g/mol. The molecular formula is C9H21OPS2. The minimum absolute atomic E-state index is 0.0419. The molecule has 80 valence electrons. The number of hydrogen-bond acceptors (Lipinski definition) is 2. The van der Waals surface area contributed by atoms with Crippen molar-refractivity contribution in [3.63, 3.8) is 0 Å². The van der Waals surface area contributed by atoms with Crippen LogP contribution >= 0.6 is 7.14 Å². The molecule has 0 spiro atoms.